The highest BCUT2D eigenvalue weighted by Crippen LogP contribution is 2.44. The zero-order valence-electron chi connectivity index (χ0n) is 33.7. The van der Waals surface area contributed by atoms with Crippen molar-refractivity contribution in [2.75, 3.05) is 0 Å². The summed E-state index contributed by atoms with van der Waals surface area (Å²) in [5, 5.41) is 13.3. The van der Waals surface area contributed by atoms with E-state index in [4.69, 9.17) is 13.8 Å². The second-order valence-electron chi connectivity index (χ2n) is 16.2. The normalized spacial score (nSPS) is 16.9. The summed E-state index contributed by atoms with van der Waals surface area (Å²) in [6.45, 7) is 2.26. The van der Waals surface area contributed by atoms with Crippen molar-refractivity contribution in [1.29, 1.82) is 0 Å². The van der Waals surface area contributed by atoms with Crippen molar-refractivity contribution in [3.05, 3.63) is 210 Å². The largest absolute Gasteiger partial charge is 0.456 e. The Bertz CT molecular complexity index is 3590. The summed E-state index contributed by atoms with van der Waals surface area (Å²) in [5.74, 6) is 0. The molecule has 0 aliphatic carbocycles. The molecular weight excluding hydrogens is 745 g/mol. The maximum absolute atomic E-state index is 6.80. The maximum Gasteiger partial charge on any atom is 0.145 e. The third-order valence-corrected chi connectivity index (χ3v) is 12.6. The van der Waals surface area contributed by atoms with E-state index in [2.05, 4.69) is 194 Å². The Balaban J connectivity index is 1.03. The van der Waals surface area contributed by atoms with Gasteiger partial charge in [-0.25, -0.2) is 0 Å². The van der Waals surface area contributed by atoms with E-state index in [0.29, 0.717) is 0 Å². The lowest BCUT2D eigenvalue weighted by Crippen LogP contribution is -2.24. The fourth-order valence-electron chi connectivity index (χ4n) is 9.68. The van der Waals surface area contributed by atoms with E-state index in [-0.39, 0.29) is 6.17 Å². The molecule has 1 aliphatic heterocycles. The molecule has 61 heavy (non-hydrogen) atoms. The Labute approximate surface area is 353 Å². The first-order chi connectivity index (χ1) is 30.2. The number of benzene rings is 9. The standard InChI is InChI=1S/C57H40N2O2/c1-35-28-33-49(37-15-3-2-4-16-37)58-57(59-55(35)47-23-13-26-51-54(47)46-20-9-10-25-50(46)60-51)45-32-31-43(41-18-7-8-19-42(41)45)44-22-12-27-52-53(44)48-24-11-21-40(56(48)61-52)39-30-29-36-14-5-6-17-38(36)34-39/h2-27,29-32,34,57,59H,28,33H2,1H3/b55-35-,58-49+. The second-order valence-corrected chi connectivity index (χ2v) is 16.2. The van der Waals surface area contributed by atoms with Crippen LogP contribution in [0, 0.1) is 0 Å². The molecule has 0 fully saturated rings. The van der Waals surface area contributed by atoms with Crippen LogP contribution in [0.1, 0.15) is 42.6 Å². The molecular formula is C57H40N2O2. The summed E-state index contributed by atoms with van der Waals surface area (Å²) < 4.78 is 13.2. The van der Waals surface area contributed by atoms with Gasteiger partial charge in [-0.2, -0.15) is 0 Å². The molecule has 290 valence electrons. The molecule has 9 aromatic carbocycles. The molecule has 0 bridgehead atoms. The molecule has 3 heterocycles. The molecule has 1 aliphatic rings. The average molecular weight is 785 g/mol. The summed E-state index contributed by atoms with van der Waals surface area (Å²) in [6, 6.07) is 66.9. The number of para-hydroxylation sites is 2. The predicted molar refractivity (Wildman–Crippen MR) is 254 cm³/mol. The highest BCUT2D eigenvalue weighted by Gasteiger charge is 2.25. The number of rotatable bonds is 5. The summed E-state index contributed by atoms with van der Waals surface area (Å²) in [6.07, 6.45) is 1.33. The number of hydrogen-bond donors (Lipinski definition) is 1. The smallest absolute Gasteiger partial charge is 0.145 e. The van der Waals surface area contributed by atoms with Gasteiger partial charge in [0.05, 0.1) is 0 Å². The Morgan fingerprint density at radius 3 is 1.98 bits per heavy atom. The van der Waals surface area contributed by atoms with Gasteiger partial charge in [0.25, 0.3) is 0 Å². The zero-order chi connectivity index (χ0) is 40.4. The Morgan fingerprint density at radius 2 is 1.11 bits per heavy atom. The van der Waals surface area contributed by atoms with Crippen LogP contribution in [0.15, 0.2) is 207 Å². The molecule has 1 atom stereocenters. The molecule has 4 nitrogen and oxygen atoms in total. The van der Waals surface area contributed by atoms with Crippen LogP contribution in [0.3, 0.4) is 0 Å². The lowest BCUT2D eigenvalue weighted by molar-refractivity contribution is 0.660. The maximum atomic E-state index is 6.80. The fourth-order valence-corrected chi connectivity index (χ4v) is 9.68. The van der Waals surface area contributed by atoms with Gasteiger partial charge in [0.1, 0.15) is 28.5 Å². The fraction of sp³-hybridized carbons (Fsp3) is 0.0702. The molecule has 0 amide bonds. The molecule has 1 unspecified atom stereocenters. The van der Waals surface area contributed by atoms with Gasteiger partial charge in [0.2, 0.25) is 0 Å². The van der Waals surface area contributed by atoms with E-state index in [0.717, 1.165) is 118 Å². The molecule has 4 heteroatoms. The number of allylic oxidation sites excluding steroid dienone is 1. The van der Waals surface area contributed by atoms with E-state index in [1.165, 1.54) is 16.3 Å². The first kappa shape index (κ1) is 35.3. The molecule has 11 aromatic rings. The molecule has 0 spiro atoms. The third kappa shape index (κ3) is 5.86. The minimum atomic E-state index is -0.372. The van der Waals surface area contributed by atoms with E-state index in [9.17, 15) is 0 Å². The summed E-state index contributed by atoms with van der Waals surface area (Å²) in [4.78, 5) is 5.64. The minimum absolute atomic E-state index is 0.372. The SMILES string of the molecule is C/C1=C(\c2cccc3oc4ccccc4c23)NC(c2ccc(-c3cccc4oc5c(-c6ccc7ccccc7c6)cccc5c34)c3ccccc23)/N=C(/c2ccccc2)CC1. The van der Waals surface area contributed by atoms with Crippen LogP contribution in [-0.4, -0.2) is 5.71 Å². The molecule has 0 saturated heterocycles. The second kappa shape index (κ2) is 14.2. The van der Waals surface area contributed by atoms with Crippen molar-refractivity contribution >= 4 is 76.8 Å². The monoisotopic (exact) mass is 784 g/mol. The van der Waals surface area contributed by atoms with Gasteiger partial charge in [0.15, 0.2) is 0 Å². The lowest BCUT2D eigenvalue weighted by atomic mass is 9.90. The van der Waals surface area contributed by atoms with Crippen LogP contribution < -0.4 is 5.32 Å². The Kier molecular flexibility index (Phi) is 8.24. The van der Waals surface area contributed by atoms with Gasteiger partial charge in [-0.15, -0.1) is 0 Å². The van der Waals surface area contributed by atoms with Gasteiger partial charge in [0, 0.05) is 49.6 Å². The predicted octanol–water partition coefficient (Wildman–Crippen LogP) is 15.4. The van der Waals surface area contributed by atoms with Gasteiger partial charge >= 0.3 is 0 Å². The number of nitrogens with one attached hydrogen (secondary N) is 1. The number of nitrogens with zero attached hydrogens (tertiary/aromatic N) is 1. The Hall–Kier alpha value is -7.69. The van der Waals surface area contributed by atoms with Crippen molar-refractivity contribution in [3.63, 3.8) is 0 Å². The highest BCUT2D eigenvalue weighted by molar-refractivity contribution is 6.18. The molecule has 2 aromatic heterocycles. The highest BCUT2D eigenvalue weighted by atomic mass is 16.3. The molecule has 12 rings (SSSR count). The van der Waals surface area contributed by atoms with Crippen LogP contribution in [-0.2, 0) is 0 Å². The van der Waals surface area contributed by atoms with Gasteiger partial charge in [-0.3, -0.25) is 4.99 Å². The summed E-state index contributed by atoms with van der Waals surface area (Å²) in [5.41, 5.74) is 15.0. The van der Waals surface area contributed by atoms with Crippen molar-refractivity contribution < 1.29 is 8.83 Å². The number of furan rings is 2. The molecule has 1 N–H and O–H groups in total. The molecule has 0 saturated carbocycles. The minimum Gasteiger partial charge on any atom is -0.456 e. The number of hydrogen-bond acceptors (Lipinski definition) is 4. The lowest BCUT2D eigenvalue weighted by Gasteiger charge is -2.27. The first-order valence-corrected chi connectivity index (χ1v) is 21.1. The number of fused-ring (bicyclic) bond motifs is 8. The van der Waals surface area contributed by atoms with E-state index >= 15 is 0 Å². The quantitative estimate of drug-likeness (QED) is 0.189. The zero-order valence-corrected chi connectivity index (χ0v) is 33.7. The van der Waals surface area contributed by atoms with Gasteiger partial charge in [-0.1, -0.05) is 164 Å². The van der Waals surface area contributed by atoms with E-state index in [1.807, 2.05) is 6.07 Å². The summed E-state index contributed by atoms with van der Waals surface area (Å²) >= 11 is 0. The van der Waals surface area contributed by atoms with Crippen LogP contribution >= 0.6 is 0 Å². The van der Waals surface area contributed by atoms with Crippen molar-refractivity contribution in [1.82, 2.24) is 5.32 Å². The van der Waals surface area contributed by atoms with Crippen LogP contribution in [0.2, 0.25) is 0 Å². The van der Waals surface area contributed by atoms with Gasteiger partial charge < -0.3 is 14.2 Å². The van der Waals surface area contributed by atoms with Crippen LogP contribution in [0.4, 0.5) is 0 Å². The van der Waals surface area contributed by atoms with Crippen molar-refractivity contribution in [3.8, 4) is 22.3 Å². The third-order valence-electron chi connectivity index (χ3n) is 12.6. The van der Waals surface area contributed by atoms with Gasteiger partial charge in [-0.05, 0) is 93.4 Å². The van der Waals surface area contributed by atoms with E-state index in [1.54, 1.807) is 0 Å². The topological polar surface area (TPSA) is 50.7 Å². The first-order valence-electron chi connectivity index (χ1n) is 21.1. The van der Waals surface area contributed by atoms with Crippen molar-refractivity contribution in [2.24, 2.45) is 4.99 Å². The summed E-state index contributed by atoms with van der Waals surface area (Å²) in [7, 11) is 0. The van der Waals surface area contributed by atoms with Crippen molar-refractivity contribution in [2.45, 2.75) is 25.9 Å². The van der Waals surface area contributed by atoms with Crippen LogP contribution in [0.5, 0.6) is 0 Å². The number of aliphatic imine (C=N–C) groups is 1. The van der Waals surface area contributed by atoms with Crippen LogP contribution in [0.25, 0.3) is 93.4 Å². The Morgan fingerprint density at radius 1 is 0.459 bits per heavy atom. The molecule has 0 radical (unpaired) electrons. The average Bonchev–Trinajstić information content (AvgIpc) is 3.90. The van der Waals surface area contributed by atoms with E-state index < -0.39 is 0 Å².